The van der Waals surface area contributed by atoms with Crippen LogP contribution in [0.2, 0.25) is 0 Å². The maximum absolute atomic E-state index is 12.3. The molecule has 1 aromatic carbocycles. The lowest BCUT2D eigenvalue weighted by atomic mass is 10.3. The third-order valence-electron chi connectivity index (χ3n) is 2.69. The Labute approximate surface area is 115 Å². The van der Waals surface area contributed by atoms with Crippen molar-refractivity contribution >= 4 is 16.5 Å². The molecule has 0 saturated carbocycles. The fourth-order valence-corrected chi connectivity index (χ4v) is 2.89. The minimum absolute atomic E-state index is 0.346. The quantitative estimate of drug-likeness (QED) is 0.870. The predicted octanol–water partition coefficient (Wildman–Crippen LogP) is 2.29. The van der Waals surface area contributed by atoms with Crippen LogP contribution in [0.3, 0.4) is 0 Å². The number of nitrogens with two attached hydrogens (primary N) is 1. The summed E-state index contributed by atoms with van der Waals surface area (Å²) in [6.07, 6.45) is 0. The van der Waals surface area contributed by atoms with E-state index >= 15 is 0 Å². The zero-order chi connectivity index (χ0) is 13.8. The molecule has 0 aliphatic rings. The standard InChI is InChI=1S/C14H16N2O2S/c1-10-4-3-5-11(16-10)9-19(17)14-8-12(18-2)6-7-13(14)15/h3-8H,9,15H2,1-2H3. The molecule has 2 rings (SSSR count). The van der Waals surface area contributed by atoms with Crippen molar-refractivity contribution < 1.29 is 8.95 Å². The second kappa shape index (κ2) is 5.84. The van der Waals surface area contributed by atoms with Crippen LogP contribution in [0, 0.1) is 6.92 Å². The number of nitrogen functional groups attached to an aromatic ring is 1. The Kier molecular flexibility index (Phi) is 4.16. The normalized spacial score (nSPS) is 12.1. The number of benzene rings is 1. The first-order valence-electron chi connectivity index (χ1n) is 5.84. The summed E-state index contributed by atoms with van der Waals surface area (Å²) < 4.78 is 17.5. The largest absolute Gasteiger partial charge is 0.497 e. The van der Waals surface area contributed by atoms with Gasteiger partial charge in [-0.3, -0.25) is 9.19 Å². The van der Waals surface area contributed by atoms with Gasteiger partial charge in [0.1, 0.15) is 5.75 Å². The molecule has 0 spiro atoms. The van der Waals surface area contributed by atoms with Gasteiger partial charge < -0.3 is 10.5 Å². The van der Waals surface area contributed by atoms with Crippen molar-refractivity contribution in [3.63, 3.8) is 0 Å². The van der Waals surface area contributed by atoms with Crippen molar-refractivity contribution in [3.8, 4) is 5.75 Å². The third kappa shape index (κ3) is 3.32. The Bertz CT molecular complexity index is 614. The van der Waals surface area contributed by atoms with Crippen LogP contribution in [0.15, 0.2) is 41.3 Å². The molecule has 1 heterocycles. The van der Waals surface area contributed by atoms with E-state index in [9.17, 15) is 4.21 Å². The molecule has 19 heavy (non-hydrogen) atoms. The SMILES string of the molecule is COc1ccc(N)c(S(=O)Cc2cccc(C)n2)c1. The number of anilines is 1. The van der Waals surface area contributed by atoms with Crippen LogP contribution in [0.4, 0.5) is 5.69 Å². The van der Waals surface area contributed by atoms with E-state index in [1.807, 2.05) is 25.1 Å². The number of nitrogens with zero attached hydrogens (tertiary/aromatic N) is 1. The Morgan fingerprint density at radius 1 is 1.32 bits per heavy atom. The predicted molar refractivity (Wildman–Crippen MR) is 76.5 cm³/mol. The van der Waals surface area contributed by atoms with Crippen molar-refractivity contribution in [2.75, 3.05) is 12.8 Å². The van der Waals surface area contributed by atoms with E-state index in [1.54, 1.807) is 25.3 Å². The van der Waals surface area contributed by atoms with E-state index < -0.39 is 10.8 Å². The minimum atomic E-state index is -1.23. The van der Waals surface area contributed by atoms with E-state index in [0.717, 1.165) is 11.4 Å². The maximum atomic E-state index is 12.3. The van der Waals surface area contributed by atoms with Gasteiger partial charge in [0, 0.05) is 11.4 Å². The third-order valence-corrected chi connectivity index (χ3v) is 4.09. The number of aryl methyl sites for hydroxylation is 1. The molecule has 2 aromatic rings. The number of pyridine rings is 1. The molecule has 0 amide bonds. The summed E-state index contributed by atoms with van der Waals surface area (Å²) >= 11 is 0. The van der Waals surface area contributed by atoms with Gasteiger partial charge in [0.25, 0.3) is 0 Å². The van der Waals surface area contributed by atoms with Crippen molar-refractivity contribution in [1.29, 1.82) is 0 Å². The van der Waals surface area contributed by atoms with Crippen molar-refractivity contribution in [1.82, 2.24) is 4.98 Å². The molecule has 0 aliphatic carbocycles. The summed E-state index contributed by atoms with van der Waals surface area (Å²) in [6.45, 7) is 1.91. The van der Waals surface area contributed by atoms with Crippen molar-refractivity contribution in [2.45, 2.75) is 17.6 Å². The highest BCUT2D eigenvalue weighted by Crippen LogP contribution is 2.24. The summed E-state index contributed by atoms with van der Waals surface area (Å²) in [6, 6.07) is 10.8. The van der Waals surface area contributed by atoms with Crippen LogP contribution < -0.4 is 10.5 Å². The van der Waals surface area contributed by atoms with Gasteiger partial charge in [0.15, 0.2) is 0 Å². The Hall–Kier alpha value is -1.88. The summed E-state index contributed by atoms with van der Waals surface area (Å²) in [7, 11) is 0.336. The summed E-state index contributed by atoms with van der Waals surface area (Å²) in [5, 5.41) is 0. The van der Waals surface area contributed by atoms with E-state index in [1.165, 1.54) is 0 Å². The molecule has 0 fully saturated rings. The number of methoxy groups -OCH3 is 1. The number of rotatable bonds is 4. The average Bonchev–Trinajstić information content (AvgIpc) is 2.39. The lowest BCUT2D eigenvalue weighted by molar-refractivity contribution is 0.413. The van der Waals surface area contributed by atoms with Crippen LogP contribution in [0.25, 0.3) is 0 Å². The lowest BCUT2D eigenvalue weighted by Crippen LogP contribution is -2.03. The van der Waals surface area contributed by atoms with Gasteiger partial charge in [-0.1, -0.05) is 6.07 Å². The molecule has 0 bridgehead atoms. The van der Waals surface area contributed by atoms with Crippen LogP contribution >= 0.6 is 0 Å². The molecule has 100 valence electrons. The zero-order valence-electron chi connectivity index (χ0n) is 10.9. The van der Waals surface area contributed by atoms with Gasteiger partial charge >= 0.3 is 0 Å². The van der Waals surface area contributed by atoms with Gasteiger partial charge in [-0.05, 0) is 37.3 Å². The average molecular weight is 276 g/mol. The van der Waals surface area contributed by atoms with Crippen LogP contribution in [0.1, 0.15) is 11.4 Å². The Morgan fingerprint density at radius 3 is 2.79 bits per heavy atom. The smallest absolute Gasteiger partial charge is 0.120 e. The fourth-order valence-electron chi connectivity index (χ4n) is 1.73. The molecule has 2 N–H and O–H groups in total. The molecular weight excluding hydrogens is 260 g/mol. The first kappa shape index (κ1) is 13.5. The molecule has 1 atom stereocenters. The molecule has 5 heteroatoms. The van der Waals surface area contributed by atoms with E-state index in [2.05, 4.69) is 4.98 Å². The molecule has 0 radical (unpaired) electrons. The molecule has 4 nitrogen and oxygen atoms in total. The first-order valence-corrected chi connectivity index (χ1v) is 7.16. The second-order valence-electron chi connectivity index (χ2n) is 4.16. The van der Waals surface area contributed by atoms with Gasteiger partial charge in [-0.25, -0.2) is 0 Å². The van der Waals surface area contributed by atoms with E-state index in [-0.39, 0.29) is 0 Å². The van der Waals surface area contributed by atoms with Gasteiger partial charge in [0.05, 0.1) is 34.3 Å². The van der Waals surface area contributed by atoms with Gasteiger partial charge in [0.2, 0.25) is 0 Å². The fraction of sp³-hybridized carbons (Fsp3) is 0.214. The molecular formula is C14H16N2O2S. The van der Waals surface area contributed by atoms with Crippen LogP contribution in [0.5, 0.6) is 5.75 Å². The first-order chi connectivity index (χ1) is 9.10. The van der Waals surface area contributed by atoms with Crippen molar-refractivity contribution in [3.05, 3.63) is 47.8 Å². The highest BCUT2D eigenvalue weighted by Gasteiger charge is 2.11. The topological polar surface area (TPSA) is 65.2 Å². The van der Waals surface area contributed by atoms with Crippen molar-refractivity contribution in [2.24, 2.45) is 0 Å². The summed E-state index contributed by atoms with van der Waals surface area (Å²) in [5.41, 5.74) is 8.07. The molecule has 1 unspecified atom stereocenters. The summed E-state index contributed by atoms with van der Waals surface area (Å²) in [5.74, 6) is 0.994. The minimum Gasteiger partial charge on any atom is -0.497 e. The van der Waals surface area contributed by atoms with Crippen LogP contribution in [-0.2, 0) is 16.6 Å². The highest BCUT2D eigenvalue weighted by molar-refractivity contribution is 7.84. The maximum Gasteiger partial charge on any atom is 0.120 e. The van der Waals surface area contributed by atoms with E-state index in [4.69, 9.17) is 10.5 Å². The number of ether oxygens (including phenoxy) is 1. The monoisotopic (exact) mass is 276 g/mol. The highest BCUT2D eigenvalue weighted by atomic mass is 32.2. The number of hydrogen-bond acceptors (Lipinski definition) is 4. The number of aromatic nitrogens is 1. The van der Waals surface area contributed by atoms with Crippen LogP contribution in [-0.4, -0.2) is 16.3 Å². The van der Waals surface area contributed by atoms with Gasteiger partial charge in [-0.2, -0.15) is 0 Å². The zero-order valence-corrected chi connectivity index (χ0v) is 11.7. The second-order valence-corrected chi connectivity index (χ2v) is 5.58. The van der Waals surface area contributed by atoms with E-state index in [0.29, 0.717) is 22.1 Å². The molecule has 0 saturated heterocycles. The Morgan fingerprint density at radius 2 is 2.11 bits per heavy atom. The number of hydrogen-bond donors (Lipinski definition) is 1. The van der Waals surface area contributed by atoms with Gasteiger partial charge in [-0.15, -0.1) is 0 Å². The summed E-state index contributed by atoms with van der Waals surface area (Å²) in [4.78, 5) is 4.93. The molecule has 0 aliphatic heterocycles. The molecule has 1 aromatic heterocycles. The Balaban J connectivity index is 2.25. The lowest BCUT2D eigenvalue weighted by Gasteiger charge is -2.08.